The van der Waals surface area contributed by atoms with Gasteiger partial charge >= 0.3 is 0 Å². The van der Waals surface area contributed by atoms with Crippen molar-refractivity contribution in [2.24, 2.45) is 0 Å². The molecular formula is C5H10BrNO. The Hall–Kier alpha value is 0.400. The molecule has 1 heterocycles. The first-order valence-corrected chi connectivity index (χ1v) is 3.73. The Bertz CT molecular complexity index is 61.4. The Kier molecular flexibility index (Phi) is 2.80. The molecule has 0 radical (unpaired) electrons. The van der Waals surface area contributed by atoms with Crippen LogP contribution in [0.25, 0.3) is 0 Å². The predicted molar refractivity (Wildman–Crippen MR) is 36.4 cm³/mol. The van der Waals surface area contributed by atoms with Crippen molar-refractivity contribution in [1.29, 1.82) is 0 Å². The highest BCUT2D eigenvalue weighted by atomic mass is 79.9. The molecule has 1 fully saturated rings. The summed E-state index contributed by atoms with van der Waals surface area (Å²) in [5.74, 6) is 0. The van der Waals surface area contributed by atoms with E-state index >= 15 is 0 Å². The monoisotopic (exact) mass is 179 g/mol. The molecule has 1 aliphatic heterocycles. The zero-order valence-electron chi connectivity index (χ0n) is 4.69. The molecule has 0 aromatic heterocycles. The van der Waals surface area contributed by atoms with Crippen LogP contribution in [0, 0.1) is 0 Å². The van der Waals surface area contributed by atoms with Gasteiger partial charge in [0.25, 0.3) is 0 Å². The molecule has 48 valence electrons. The van der Waals surface area contributed by atoms with Gasteiger partial charge in [0.05, 0.1) is 18.0 Å². The lowest BCUT2D eigenvalue weighted by molar-refractivity contribution is 0.155. The lowest BCUT2D eigenvalue weighted by Crippen LogP contribution is -2.22. The van der Waals surface area contributed by atoms with Crippen molar-refractivity contribution in [3.8, 4) is 0 Å². The first-order valence-electron chi connectivity index (χ1n) is 2.82. The third-order valence-electron chi connectivity index (χ3n) is 1.09. The maximum Gasteiger partial charge on any atom is 0.0604 e. The van der Waals surface area contributed by atoms with Crippen LogP contribution in [-0.4, -0.2) is 31.1 Å². The number of rotatable bonds is 0. The fourth-order valence-electron chi connectivity index (χ4n) is 0.673. The van der Waals surface area contributed by atoms with E-state index in [0.717, 1.165) is 26.3 Å². The van der Waals surface area contributed by atoms with Crippen LogP contribution < -0.4 is 5.32 Å². The first kappa shape index (κ1) is 6.52. The summed E-state index contributed by atoms with van der Waals surface area (Å²) in [5.41, 5.74) is 0. The van der Waals surface area contributed by atoms with E-state index in [2.05, 4.69) is 21.2 Å². The minimum Gasteiger partial charge on any atom is -0.379 e. The quantitative estimate of drug-likeness (QED) is 0.544. The van der Waals surface area contributed by atoms with Crippen LogP contribution in [0.3, 0.4) is 0 Å². The average molecular weight is 180 g/mol. The fraction of sp³-hybridized carbons (Fsp3) is 1.00. The molecule has 8 heavy (non-hydrogen) atoms. The van der Waals surface area contributed by atoms with Crippen LogP contribution in [0.1, 0.15) is 0 Å². The van der Waals surface area contributed by atoms with Gasteiger partial charge in [0, 0.05) is 13.1 Å². The van der Waals surface area contributed by atoms with Gasteiger partial charge in [0.2, 0.25) is 0 Å². The summed E-state index contributed by atoms with van der Waals surface area (Å²) in [6, 6.07) is 0. The second-order valence-corrected chi connectivity index (χ2v) is 3.17. The number of hydrogen-bond acceptors (Lipinski definition) is 2. The van der Waals surface area contributed by atoms with Crippen molar-refractivity contribution >= 4 is 15.9 Å². The largest absolute Gasteiger partial charge is 0.379 e. The Morgan fingerprint density at radius 1 is 1.62 bits per heavy atom. The van der Waals surface area contributed by atoms with Crippen molar-refractivity contribution < 1.29 is 4.74 Å². The highest BCUT2D eigenvalue weighted by Crippen LogP contribution is 1.99. The topological polar surface area (TPSA) is 21.3 Å². The van der Waals surface area contributed by atoms with E-state index in [9.17, 15) is 0 Å². The van der Waals surface area contributed by atoms with E-state index in [1.807, 2.05) is 0 Å². The molecule has 0 amide bonds. The van der Waals surface area contributed by atoms with Crippen LogP contribution in [0.5, 0.6) is 0 Å². The van der Waals surface area contributed by atoms with Gasteiger partial charge in [-0.15, -0.1) is 0 Å². The number of hydrogen-bond donors (Lipinski definition) is 1. The van der Waals surface area contributed by atoms with Crippen LogP contribution >= 0.6 is 15.9 Å². The van der Waals surface area contributed by atoms with E-state index in [1.165, 1.54) is 0 Å². The molecule has 2 nitrogen and oxygen atoms in total. The smallest absolute Gasteiger partial charge is 0.0604 e. The summed E-state index contributed by atoms with van der Waals surface area (Å²) < 4.78 is 5.20. The fourth-order valence-corrected chi connectivity index (χ4v) is 1.09. The Balaban J connectivity index is 2.17. The lowest BCUT2D eigenvalue weighted by atomic mass is 10.4. The third-order valence-corrected chi connectivity index (χ3v) is 1.68. The van der Waals surface area contributed by atoms with E-state index in [4.69, 9.17) is 4.74 Å². The van der Waals surface area contributed by atoms with Crippen molar-refractivity contribution in [3.63, 3.8) is 0 Å². The van der Waals surface area contributed by atoms with E-state index < -0.39 is 0 Å². The Labute approximate surface area is 57.7 Å². The lowest BCUT2D eigenvalue weighted by Gasteiger charge is -2.01. The van der Waals surface area contributed by atoms with Crippen LogP contribution in [0.15, 0.2) is 0 Å². The summed E-state index contributed by atoms with van der Waals surface area (Å²) in [7, 11) is 0. The van der Waals surface area contributed by atoms with Crippen LogP contribution in [0.4, 0.5) is 0 Å². The van der Waals surface area contributed by atoms with Crippen LogP contribution in [0.2, 0.25) is 0 Å². The summed E-state index contributed by atoms with van der Waals surface area (Å²) >= 11 is 3.45. The molecular weight excluding hydrogens is 170 g/mol. The number of nitrogens with one attached hydrogen (secondary N) is 1. The molecule has 1 aliphatic rings. The van der Waals surface area contributed by atoms with E-state index in [-0.39, 0.29) is 0 Å². The predicted octanol–water partition coefficient (Wildman–Crippen LogP) is 0.370. The van der Waals surface area contributed by atoms with Gasteiger partial charge in [-0.3, -0.25) is 0 Å². The Morgan fingerprint density at radius 3 is 3.38 bits per heavy atom. The zero-order chi connectivity index (χ0) is 5.82. The maximum absolute atomic E-state index is 5.20. The number of alkyl halides is 1. The molecule has 3 heteroatoms. The molecule has 0 aliphatic carbocycles. The minimum atomic E-state index is 0.505. The summed E-state index contributed by atoms with van der Waals surface area (Å²) in [6.45, 7) is 3.71. The van der Waals surface area contributed by atoms with Gasteiger partial charge < -0.3 is 10.1 Å². The molecule has 0 aromatic carbocycles. The zero-order valence-corrected chi connectivity index (χ0v) is 6.28. The molecule has 0 saturated carbocycles. The summed E-state index contributed by atoms with van der Waals surface area (Å²) in [4.78, 5) is 0.505. The molecule has 1 saturated heterocycles. The standard InChI is InChI=1S/C5H10BrNO/c6-5-3-7-1-2-8-4-5/h5,7H,1-4H2. The molecule has 0 spiro atoms. The van der Waals surface area contributed by atoms with Gasteiger partial charge in [-0.1, -0.05) is 15.9 Å². The average Bonchev–Trinajstić information content (AvgIpc) is 1.94. The molecule has 1 rings (SSSR count). The van der Waals surface area contributed by atoms with E-state index in [0.29, 0.717) is 4.83 Å². The second-order valence-electron chi connectivity index (χ2n) is 1.88. The molecule has 1 atom stereocenters. The molecule has 0 bridgehead atoms. The van der Waals surface area contributed by atoms with E-state index in [1.54, 1.807) is 0 Å². The second kappa shape index (κ2) is 3.43. The van der Waals surface area contributed by atoms with Gasteiger partial charge in [-0.05, 0) is 0 Å². The summed E-state index contributed by atoms with van der Waals surface area (Å²) in [6.07, 6.45) is 0. The van der Waals surface area contributed by atoms with Crippen LogP contribution in [-0.2, 0) is 4.74 Å². The highest BCUT2D eigenvalue weighted by Gasteiger charge is 2.06. The summed E-state index contributed by atoms with van der Waals surface area (Å²) in [5, 5.41) is 3.23. The van der Waals surface area contributed by atoms with Crippen molar-refractivity contribution in [2.75, 3.05) is 26.3 Å². The van der Waals surface area contributed by atoms with Gasteiger partial charge in [0.1, 0.15) is 0 Å². The minimum absolute atomic E-state index is 0.505. The number of ether oxygens (including phenoxy) is 1. The Morgan fingerprint density at radius 2 is 2.50 bits per heavy atom. The van der Waals surface area contributed by atoms with Crippen molar-refractivity contribution in [3.05, 3.63) is 0 Å². The molecule has 0 aromatic rings. The molecule has 1 N–H and O–H groups in total. The van der Waals surface area contributed by atoms with Gasteiger partial charge in [0.15, 0.2) is 0 Å². The first-order chi connectivity index (χ1) is 3.89. The normalized spacial score (nSPS) is 31.9. The SMILES string of the molecule is BrC1CNCCOC1. The number of halogens is 1. The van der Waals surface area contributed by atoms with Gasteiger partial charge in [-0.2, -0.15) is 0 Å². The van der Waals surface area contributed by atoms with Crippen molar-refractivity contribution in [1.82, 2.24) is 5.32 Å². The molecule has 1 unspecified atom stereocenters. The van der Waals surface area contributed by atoms with Crippen molar-refractivity contribution in [2.45, 2.75) is 4.83 Å². The third kappa shape index (κ3) is 2.11. The highest BCUT2D eigenvalue weighted by molar-refractivity contribution is 9.09. The van der Waals surface area contributed by atoms with Gasteiger partial charge in [-0.25, -0.2) is 0 Å². The maximum atomic E-state index is 5.20.